The Bertz CT molecular complexity index is 981. The van der Waals surface area contributed by atoms with Gasteiger partial charge in [0.2, 0.25) is 5.91 Å². The summed E-state index contributed by atoms with van der Waals surface area (Å²) in [7, 11) is 1.57. The lowest BCUT2D eigenvalue weighted by Gasteiger charge is -2.23. The van der Waals surface area contributed by atoms with Gasteiger partial charge in [-0.2, -0.15) is 0 Å². The number of benzene rings is 2. The van der Waals surface area contributed by atoms with Crippen LogP contribution in [-0.2, 0) is 15.1 Å². The minimum absolute atomic E-state index is 0.358. The zero-order valence-electron chi connectivity index (χ0n) is 17.3. The molecule has 0 saturated carbocycles. The van der Waals surface area contributed by atoms with E-state index in [1.807, 2.05) is 39.0 Å². The van der Waals surface area contributed by atoms with Gasteiger partial charge in [0.15, 0.2) is 0 Å². The van der Waals surface area contributed by atoms with Crippen molar-refractivity contribution in [3.63, 3.8) is 0 Å². The molecule has 3 rings (SSSR count). The number of para-hydroxylation sites is 1. The molecule has 2 aromatic carbocycles. The van der Waals surface area contributed by atoms with Gasteiger partial charge in [0, 0.05) is 5.69 Å². The summed E-state index contributed by atoms with van der Waals surface area (Å²) < 4.78 is 5.26. The van der Waals surface area contributed by atoms with Crippen molar-refractivity contribution >= 4 is 23.5 Å². The van der Waals surface area contributed by atoms with Crippen LogP contribution in [0.25, 0.3) is 0 Å². The smallest absolute Gasteiger partial charge is 0.325 e. The summed E-state index contributed by atoms with van der Waals surface area (Å²) in [5.74, 6) is -0.205. The van der Waals surface area contributed by atoms with Gasteiger partial charge in [0.1, 0.15) is 17.8 Å². The van der Waals surface area contributed by atoms with Crippen molar-refractivity contribution in [2.24, 2.45) is 0 Å². The van der Waals surface area contributed by atoms with E-state index in [4.69, 9.17) is 4.74 Å². The number of hydrogen-bond acceptors (Lipinski definition) is 4. The quantitative estimate of drug-likeness (QED) is 0.762. The standard InChI is InChI=1S/C22H25N3O4/c1-13-7-6-8-14(2)19(13)23-18(26)12-25-20(27)22(4,24-21(25)28)16-9-10-17(29-5)15(3)11-16/h6-11H,12H2,1-5H3,(H,23,26)(H,24,28). The van der Waals surface area contributed by atoms with Gasteiger partial charge in [-0.3, -0.25) is 14.5 Å². The molecule has 1 atom stereocenters. The van der Waals surface area contributed by atoms with Crippen molar-refractivity contribution in [1.82, 2.24) is 10.2 Å². The highest BCUT2D eigenvalue weighted by Gasteiger charge is 2.49. The highest BCUT2D eigenvalue weighted by Crippen LogP contribution is 2.31. The summed E-state index contributed by atoms with van der Waals surface area (Å²) in [6.45, 7) is 6.92. The molecule has 1 heterocycles. The Balaban J connectivity index is 1.80. The van der Waals surface area contributed by atoms with Crippen LogP contribution in [0.15, 0.2) is 36.4 Å². The number of amides is 4. The van der Waals surface area contributed by atoms with E-state index >= 15 is 0 Å². The molecule has 7 heteroatoms. The number of aryl methyl sites for hydroxylation is 3. The van der Waals surface area contributed by atoms with Crippen LogP contribution >= 0.6 is 0 Å². The number of urea groups is 1. The Morgan fingerprint density at radius 1 is 1.10 bits per heavy atom. The molecule has 152 valence electrons. The molecule has 1 unspecified atom stereocenters. The molecule has 1 aliphatic heterocycles. The van der Waals surface area contributed by atoms with Crippen molar-refractivity contribution in [3.05, 3.63) is 58.7 Å². The Morgan fingerprint density at radius 3 is 2.34 bits per heavy atom. The summed E-state index contributed by atoms with van der Waals surface area (Å²) >= 11 is 0. The second-order valence-corrected chi connectivity index (χ2v) is 7.45. The molecule has 0 aromatic heterocycles. The number of anilines is 1. The molecule has 2 aromatic rings. The van der Waals surface area contributed by atoms with Crippen molar-refractivity contribution in [2.75, 3.05) is 19.0 Å². The molecule has 2 N–H and O–H groups in total. The summed E-state index contributed by atoms with van der Waals surface area (Å²) in [5.41, 5.74) is 2.75. The highest BCUT2D eigenvalue weighted by atomic mass is 16.5. The Morgan fingerprint density at radius 2 is 1.76 bits per heavy atom. The van der Waals surface area contributed by atoms with Gasteiger partial charge in [-0.1, -0.05) is 24.3 Å². The first kappa shape index (κ1) is 20.4. The Kier molecular flexibility index (Phi) is 5.33. The summed E-state index contributed by atoms with van der Waals surface area (Å²) in [4.78, 5) is 39.0. The van der Waals surface area contributed by atoms with E-state index in [1.165, 1.54) is 0 Å². The largest absolute Gasteiger partial charge is 0.496 e. The van der Waals surface area contributed by atoms with E-state index in [0.29, 0.717) is 17.0 Å². The summed E-state index contributed by atoms with van der Waals surface area (Å²) in [5, 5.41) is 5.53. The third kappa shape index (κ3) is 3.68. The predicted octanol–water partition coefficient (Wildman–Crippen LogP) is 3.03. The van der Waals surface area contributed by atoms with E-state index < -0.39 is 23.4 Å². The van der Waals surface area contributed by atoms with Gasteiger partial charge in [0.25, 0.3) is 5.91 Å². The first-order valence-electron chi connectivity index (χ1n) is 9.32. The van der Waals surface area contributed by atoms with E-state index in [0.717, 1.165) is 21.6 Å². The number of carbonyl (C=O) groups excluding carboxylic acids is 3. The van der Waals surface area contributed by atoms with Gasteiger partial charge < -0.3 is 15.4 Å². The van der Waals surface area contributed by atoms with Gasteiger partial charge >= 0.3 is 6.03 Å². The summed E-state index contributed by atoms with van der Waals surface area (Å²) in [6, 6.07) is 10.4. The number of nitrogens with zero attached hydrogens (tertiary/aromatic N) is 1. The van der Waals surface area contributed by atoms with E-state index in [1.54, 1.807) is 32.2 Å². The first-order valence-corrected chi connectivity index (χ1v) is 9.32. The molecule has 1 saturated heterocycles. The van der Waals surface area contributed by atoms with Crippen LogP contribution in [-0.4, -0.2) is 36.4 Å². The normalized spacial score (nSPS) is 18.6. The van der Waals surface area contributed by atoms with Crippen molar-refractivity contribution in [2.45, 2.75) is 33.2 Å². The number of methoxy groups -OCH3 is 1. The Labute approximate surface area is 170 Å². The molecule has 1 fully saturated rings. The van der Waals surface area contributed by atoms with Crippen molar-refractivity contribution < 1.29 is 19.1 Å². The number of ether oxygens (including phenoxy) is 1. The van der Waals surface area contributed by atoms with E-state index in [2.05, 4.69) is 10.6 Å². The van der Waals surface area contributed by atoms with Crippen molar-refractivity contribution in [3.8, 4) is 5.75 Å². The minimum atomic E-state index is -1.24. The average Bonchev–Trinajstić information content (AvgIpc) is 2.89. The maximum atomic E-state index is 13.1. The zero-order chi connectivity index (χ0) is 21.3. The molecule has 0 radical (unpaired) electrons. The maximum absolute atomic E-state index is 13.1. The SMILES string of the molecule is COc1ccc(C2(C)NC(=O)N(CC(=O)Nc3c(C)cccc3C)C2=O)cc1C. The van der Waals surface area contributed by atoms with Crippen LogP contribution in [0.3, 0.4) is 0 Å². The molecule has 29 heavy (non-hydrogen) atoms. The highest BCUT2D eigenvalue weighted by molar-refractivity contribution is 6.10. The monoisotopic (exact) mass is 395 g/mol. The van der Waals surface area contributed by atoms with E-state index in [-0.39, 0.29) is 6.54 Å². The number of rotatable bonds is 5. The maximum Gasteiger partial charge on any atom is 0.325 e. The minimum Gasteiger partial charge on any atom is -0.496 e. The van der Waals surface area contributed by atoms with Crippen LogP contribution in [0.1, 0.15) is 29.2 Å². The molecule has 0 bridgehead atoms. The molecule has 0 aliphatic carbocycles. The lowest BCUT2D eigenvalue weighted by molar-refractivity contribution is -0.133. The Hall–Kier alpha value is -3.35. The number of carbonyl (C=O) groups is 3. The first-order chi connectivity index (χ1) is 13.7. The lowest BCUT2D eigenvalue weighted by atomic mass is 9.90. The average molecular weight is 395 g/mol. The van der Waals surface area contributed by atoms with Crippen LogP contribution in [0.5, 0.6) is 5.75 Å². The van der Waals surface area contributed by atoms with Crippen LogP contribution in [0.4, 0.5) is 10.5 Å². The number of nitrogens with one attached hydrogen (secondary N) is 2. The van der Waals surface area contributed by atoms with E-state index in [9.17, 15) is 14.4 Å². The second kappa shape index (κ2) is 7.58. The van der Waals surface area contributed by atoms with Gasteiger partial charge in [-0.25, -0.2) is 4.79 Å². The molecule has 4 amide bonds. The van der Waals surface area contributed by atoms with Gasteiger partial charge in [-0.05, 0) is 62.1 Å². The second-order valence-electron chi connectivity index (χ2n) is 7.45. The number of imide groups is 1. The molecule has 1 aliphatic rings. The molecular weight excluding hydrogens is 370 g/mol. The lowest BCUT2D eigenvalue weighted by Crippen LogP contribution is -2.42. The fraction of sp³-hybridized carbons (Fsp3) is 0.318. The van der Waals surface area contributed by atoms with Crippen LogP contribution in [0.2, 0.25) is 0 Å². The number of hydrogen-bond donors (Lipinski definition) is 2. The topological polar surface area (TPSA) is 87.7 Å². The fourth-order valence-corrected chi connectivity index (χ4v) is 3.56. The third-order valence-corrected chi connectivity index (χ3v) is 5.29. The van der Waals surface area contributed by atoms with Gasteiger partial charge in [-0.15, -0.1) is 0 Å². The van der Waals surface area contributed by atoms with Gasteiger partial charge in [0.05, 0.1) is 7.11 Å². The molecular formula is C22H25N3O4. The summed E-state index contributed by atoms with van der Waals surface area (Å²) in [6.07, 6.45) is 0. The molecule has 0 spiro atoms. The van der Waals surface area contributed by atoms with Crippen LogP contribution in [0, 0.1) is 20.8 Å². The zero-order valence-corrected chi connectivity index (χ0v) is 17.3. The predicted molar refractivity (Wildman–Crippen MR) is 110 cm³/mol. The third-order valence-electron chi connectivity index (χ3n) is 5.29. The van der Waals surface area contributed by atoms with Crippen molar-refractivity contribution in [1.29, 1.82) is 0 Å². The molecule has 7 nitrogen and oxygen atoms in total. The van der Waals surface area contributed by atoms with Crippen LogP contribution < -0.4 is 15.4 Å². The fourth-order valence-electron chi connectivity index (χ4n) is 3.56.